The number of halogens is 1. The Hall–Kier alpha value is -1.33. The van der Waals surface area contributed by atoms with Gasteiger partial charge >= 0.3 is 0 Å². The van der Waals surface area contributed by atoms with Crippen molar-refractivity contribution in [2.24, 2.45) is 0 Å². The summed E-state index contributed by atoms with van der Waals surface area (Å²) < 4.78 is 13.7. The highest BCUT2D eigenvalue weighted by Crippen LogP contribution is 2.36. The molecule has 1 unspecified atom stereocenters. The van der Waals surface area contributed by atoms with Crippen molar-refractivity contribution in [1.29, 1.82) is 0 Å². The number of aryl methyl sites for hydroxylation is 1. The molecule has 1 N–H and O–H groups in total. The highest BCUT2D eigenvalue weighted by Gasteiger charge is 2.24. The molecule has 3 rings (SSSR count). The minimum Gasteiger partial charge on any atom is -0.312 e. The molecule has 1 aliphatic carbocycles. The number of nitrogens with one attached hydrogen (secondary N) is 1. The molecule has 0 amide bonds. The van der Waals surface area contributed by atoms with Gasteiger partial charge in [-0.25, -0.2) is 9.37 Å². The molecule has 2 aromatic heterocycles. The van der Waals surface area contributed by atoms with E-state index in [9.17, 15) is 4.39 Å². The zero-order chi connectivity index (χ0) is 12.5. The number of aromatic nitrogens is 2. The molecule has 2 heterocycles. The first-order chi connectivity index (χ1) is 8.79. The van der Waals surface area contributed by atoms with E-state index in [0.29, 0.717) is 16.7 Å². The predicted octanol–water partition coefficient (Wildman–Crippen LogP) is 2.94. The van der Waals surface area contributed by atoms with E-state index in [-0.39, 0.29) is 5.82 Å². The normalized spacial score (nSPS) is 18.7. The van der Waals surface area contributed by atoms with Crippen molar-refractivity contribution in [2.75, 3.05) is 7.05 Å². The third-order valence-corrected chi connectivity index (χ3v) is 4.40. The van der Waals surface area contributed by atoms with Crippen LogP contribution in [-0.2, 0) is 6.42 Å². The van der Waals surface area contributed by atoms with Gasteiger partial charge in [0.1, 0.15) is 10.7 Å². The maximum atomic E-state index is 13.7. The maximum absolute atomic E-state index is 13.7. The SMILES string of the molecule is CNC1CCCc2sc(-c3ncccc3F)nc21. The van der Waals surface area contributed by atoms with Gasteiger partial charge in [0.2, 0.25) is 0 Å². The Kier molecular flexibility index (Phi) is 3.09. The van der Waals surface area contributed by atoms with Gasteiger partial charge in [-0.3, -0.25) is 4.98 Å². The molecule has 0 aliphatic heterocycles. The first-order valence-corrected chi connectivity index (χ1v) is 6.89. The van der Waals surface area contributed by atoms with E-state index >= 15 is 0 Å². The molecule has 1 aliphatic rings. The van der Waals surface area contributed by atoms with Crippen molar-refractivity contribution in [1.82, 2.24) is 15.3 Å². The lowest BCUT2D eigenvalue weighted by atomic mass is 9.98. The molecule has 18 heavy (non-hydrogen) atoms. The van der Waals surface area contributed by atoms with Crippen LogP contribution in [0.5, 0.6) is 0 Å². The molecule has 0 radical (unpaired) electrons. The molecule has 0 saturated heterocycles. The highest BCUT2D eigenvalue weighted by molar-refractivity contribution is 7.15. The summed E-state index contributed by atoms with van der Waals surface area (Å²) in [5.74, 6) is -0.301. The van der Waals surface area contributed by atoms with Crippen LogP contribution >= 0.6 is 11.3 Å². The summed E-state index contributed by atoms with van der Waals surface area (Å²) in [6.07, 6.45) is 4.90. The van der Waals surface area contributed by atoms with Gasteiger partial charge in [-0.1, -0.05) is 0 Å². The lowest BCUT2D eigenvalue weighted by Gasteiger charge is -2.19. The fourth-order valence-electron chi connectivity index (χ4n) is 2.34. The molecule has 0 saturated carbocycles. The predicted molar refractivity (Wildman–Crippen MR) is 70.0 cm³/mol. The van der Waals surface area contributed by atoms with E-state index in [2.05, 4.69) is 15.3 Å². The monoisotopic (exact) mass is 263 g/mol. The maximum Gasteiger partial charge on any atom is 0.151 e. The Balaban J connectivity index is 2.05. The van der Waals surface area contributed by atoms with Crippen molar-refractivity contribution >= 4 is 11.3 Å². The number of fused-ring (bicyclic) bond motifs is 1. The van der Waals surface area contributed by atoms with Crippen LogP contribution in [0.4, 0.5) is 4.39 Å². The Bertz CT molecular complexity index is 567. The fourth-order valence-corrected chi connectivity index (χ4v) is 3.51. The lowest BCUT2D eigenvalue weighted by Crippen LogP contribution is -2.21. The largest absolute Gasteiger partial charge is 0.312 e. The van der Waals surface area contributed by atoms with Gasteiger partial charge in [0.15, 0.2) is 5.82 Å². The number of rotatable bonds is 2. The third-order valence-electron chi connectivity index (χ3n) is 3.26. The zero-order valence-electron chi connectivity index (χ0n) is 10.1. The second-order valence-electron chi connectivity index (χ2n) is 4.39. The van der Waals surface area contributed by atoms with Crippen LogP contribution < -0.4 is 5.32 Å². The van der Waals surface area contributed by atoms with E-state index < -0.39 is 0 Å². The standard InChI is InChI=1S/C13H14FN3S/c1-15-9-5-2-6-10-12(9)17-13(18-10)11-8(14)4-3-7-16-11/h3-4,7,9,15H,2,5-6H2,1H3. The second-order valence-corrected chi connectivity index (χ2v) is 5.48. The van der Waals surface area contributed by atoms with Crippen LogP contribution in [0.25, 0.3) is 10.7 Å². The average molecular weight is 263 g/mol. The Morgan fingerprint density at radius 1 is 1.50 bits per heavy atom. The van der Waals surface area contributed by atoms with Gasteiger partial charge in [-0.05, 0) is 38.4 Å². The van der Waals surface area contributed by atoms with E-state index in [0.717, 1.165) is 25.0 Å². The van der Waals surface area contributed by atoms with Gasteiger partial charge in [-0.2, -0.15) is 0 Å². The van der Waals surface area contributed by atoms with Crippen molar-refractivity contribution in [3.63, 3.8) is 0 Å². The molecular formula is C13H14FN3S. The van der Waals surface area contributed by atoms with Gasteiger partial charge in [0.25, 0.3) is 0 Å². The molecule has 94 valence electrons. The minimum atomic E-state index is -0.301. The van der Waals surface area contributed by atoms with E-state index in [4.69, 9.17) is 0 Å². The summed E-state index contributed by atoms with van der Waals surface area (Å²) in [5.41, 5.74) is 1.44. The van der Waals surface area contributed by atoms with Crippen molar-refractivity contribution in [3.8, 4) is 10.7 Å². The van der Waals surface area contributed by atoms with Gasteiger partial charge < -0.3 is 5.32 Å². The van der Waals surface area contributed by atoms with Gasteiger partial charge in [0, 0.05) is 11.1 Å². The number of pyridine rings is 1. The van der Waals surface area contributed by atoms with Gasteiger partial charge in [0.05, 0.1) is 11.7 Å². The number of thiazole rings is 1. The van der Waals surface area contributed by atoms with Crippen molar-refractivity contribution in [2.45, 2.75) is 25.3 Å². The first-order valence-electron chi connectivity index (χ1n) is 6.07. The molecule has 1 atom stereocenters. The van der Waals surface area contributed by atoms with Crippen LogP contribution in [0.2, 0.25) is 0 Å². The first kappa shape index (κ1) is 11.7. The van der Waals surface area contributed by atoms with E-state index in [1.807, 2.05) is 7.05 Å². The quantitative estimate of drug-likeness (QED) is 0.905. The topological polar surface area (TPSA) is 37.8 Å². The summed E-state index contributed by atoms with van der Waals surface area (Å²) >= 11 is 1.57. The number of hydrogen-bond acceptors (Lipinski definition) is 4. The summed E-state index contributed by atoms with van der Waals surface area (Å²) in [6, 6.07) is 3.33. The molecule has 0 aromatic carbocycles. The minimum absolute atomic E-state index is 0.297. The van der Waals surface area contributed by atoms with Crippen LogP contribution in [-0.4, -0.2) is 17.0 Å². The fraction of sp³-hybridized carbons (Fsp3) is 0.385. The molecule has 2 aromatic rings. The Morgan fingerprint density at radius 2 is 2.39 bits per heavy atom. The zero-order valence-corrected chi connectivity index (χ0v) is 10.9. The van der Waals surface area contributed by atoms with Crippen LogP contribution in [0.3, 0.4) is 0 Å². The third kappa shape index (κ3) is 1.93. The summed E-state index contributed by atoms with van der Waals surface area (Å²) in [6.45, 7) is 0. The van der Waals surface area contributed by atoms with Gasteiger partial charge in [-0.15, -0.1) is 11.3 Å². The average Bonchev–Trinajstić information content (AvgIpc) is 2.82. The summed E-state index contributed by atoms with van der Waals surface area (Å²) in [4.78, 5) is 9.95. The van der Waals surface area contributed by atoms with Crippen LogP contribution in [0.1, 0.15) is 29.5 Å². The molecular weight excluding hydrogens is 249 g/mol. The van der Waals surface area contributed by atoms with E-state index in [1.54, 1.807) is 23.6 Å². The lowest BCUT2D eigenvalue weighted by molar-refractivity contribution is 0.490. The smallest absolute Gasteiger partial charge is 0.151 e. The summed E-state index contributed by atoms with van der Waals surface area (Å²) in [7, 11) is 1.94. The van der Waals surface area contributed by atoms with Crippen molar-refractivity contribution < 1.29 is 4.39 Å². The Morgan fingerprint density at radius 3 is 3.17 bits per heavy atom. The number of hydrogen-bond donors (Lipinski definition) is 1. The molecule has 0 fully saturated rings. The van der Waals surface area contributed by atoms with Crippen LogP contribution in [0.15, 0.2) is 18.3 Å². The van der Waals surface area contributed by atoms with E-state index in [1.165, 1.54) is 10.9 Å². The molecule has 3 nitrogen and oxygen atoms in total. The molecule has 5 heteroatoms. The second kappa shape index (κ2) is 4.74. The number of nitrogens with zero attached hydrogens (tertiary/aromatic N) is 2. The molecule has 0 bridgehead atoms. The molecule has 0 spiro atoms. The highest BCUT2D eigenvalue weighted by atomic mass is 32.1. The summed E-state index contributed by atoms with van der Waals surface area (Å²) in [5, 5.41) is 3.96. The van der Waals surface area contributed by atoms with Crippen molar-refractivity contribution in [3.05, 3.63) is 34.7 Å². The van der Waals surface area contributed by atoms with Crippen LogP contribution in [0, 0.1) is 5.82 Å². The Labute approximate surface area is 109 Å².